The first-order chi connectivity index (χ1) is 13.2. The van der Waals surface area contributed by atoms with E-state index in [0.717, 1.165) is 62.8 Å². The highest BCUT2D eigenvalue weighted by molar-refractivity contribution is 5.78. The summed E-state index contributed by atoms with van der Waals surface area (Å²) in [6, 6.07) is 7.83. The van der Waals surface area contributed by atoms with Crippen molar-refractivity contribution < 1.29 is 9.53 Å². The van der Waals surface area contributed by atoms with Crippen LogP contribution in [0.15, 0.2) is 36.7 Å². The molecule has 27 heavy (non-hydrogen) atoms. The fourth-order valence-electron chi connectivity index (χ4n) is 3.48. The summed E-state index contributed by atoms with van der Waals surface area (Å²) < 4.78 is 7.68. The number of hydrogen-bond acceptors (Lipinski definition) is 4. The van der Waals surface area contributed by atoms with E-state index in [4.69, 9.17) is 4.74 Å². The molecule has 1 aromatic carbocycles. The van der Waals surface area contributed by atoms with Crippen LogP contribution in [0.1, 0.15) is 25.2 Å². The quantitative estimate of drug-likeness (QED) is 0.715. The van der Waals surface area contributed by atoms with Gasteiger partial charge in [0.15, 0.2) is 0 Å². The molecule has 1 fully saturated rings. The van der Waals surface area contributed by atoms with E-state index in [9.17, 15) is 4.79 Å². The van der Waals surface area contributed by atoms with Gasteiger partial charge >= 0.3 is 0 Å². The van der Waals surface area contributed by atoms with Crippen LogP contribution in [-0.2, 0) is 24.2 Å². The molecular formula is C21H30N4O2. The Labute approximate surface area is 161 Å². The van der Waals surface area contributed by atoms with Crippen LogP contribution in [0.2, 0.25) is 0 Å². The molecule has 0 atom stereocenters. The van der Waals surface area contributed by atoms with Gasteiger partial charge < -0.3 is 14.2 Å². The molecule has 0 spiro atoms. The molecule has 2 aromatic rings. The van der Waals surface area contributed by atoms with Gasteiger partial charge in [0.1, 0.15) is 11.6 Å². The number of carbonyl (C=O) groups is 1. The van der Waals surface area contributed by atoms with Crippen LogP contribution in [-0.4, -0.2) is 64.6 Å². The maximum atomic E-state index is 12.6. The molecule has 1 aromatic heterocycles. The summed E-state index contributed by atoms with van der Waals surface area (Å²) in [6.45, 7) is 10.2. The SMILES string of the molecule is CCOc1ccc(CC(=O)N2CCN(CCn3ccnc3CC)CC2)cc1. The van der Waals surface area contributed by atoms with Crippen LogP contribution in [0.25, 0.3) is 0 Å². The van der Waals surface area contributed by atoms with Gasteiger partial charge in [-0.15, -0.1) is 0 Å². The third-order valence-corrected chi connectivity index (χ3v) is 5.09. The monoisotopic (exact) mass is 370 g/mol. The highest BCUT2D eigenvalue weighted by Gasteiger charge is 2.21. The average molecular weight is 370 g/mol. The number of piperazine rings is 1. The summed E-state index contributed by atoms with van der Waals surface area (Å²) >= 11 is 0. The van der Waals surface area contributed by atoms with Crippen molar-refractivity contribution in [1.29, 1.82) is 0 Å². The van der Waals surface area contributed by atoms with Crippen LogP contribution in [0, 0.1) is 0 Å². The maximum Gasteiger partial charge on any atom is 0.227 e. The molecule has 6 nitrogen and oxygen atoms in total. The number of aromatic nitrogens is 2. The Kier molecular flexibility index (Phi) is 6.87. The van der Waals surface area contributed by atoms with Crippen molar-refractivity contribution in [3.63, 3.8) is 0 Å². The number of rotatable bonds is 8. The van der Waals surface area contributed by atoms with Gasteiger partial charge in [-0.25, -0.2) is 4.98 Å². The molecule has 0 N–H and O–H groups in total. The smallest absolute Gasteiger partial charge is 0.227 e. The van der Waals surface area contributed by atoms with Gasteiger partial charge in [0.25, 0.3) is 0 Å². The Hall–Kier alpha value is -2.34. The summed E-state index contributed by atoms with van der Waals surface area (Å²) in [6.07, 6.45) is 5.34. The molecule has 1 amide bonds. The highest BCUT2D eigenvalue weighted by atomic mass is 16.5. The Bertz CT molecular complexity index is 718. The van der Waals surface area contributed by atoms with E-state index in [0.29, 0.717) is 13.0 Å². The van der Waals surface area contributed by atoms with Gasteiger partial charge in [0.05, 0.1) is 13.0 Å². The van der Waals surface area contributed by atoms with Crippen molar-refractivity contribution in [2.75, 3.05) is 39.3 Å². The second kappa shape index (κ2) is 9.55. The summed E-state index contributed by atoms with van der Waals surface area (Å²) in [5, 5.41) is 0. The molecular weight excluding hydrogens is 340 g/mol. The zero-order valence-electron chi connectivity index (χ0n) is 16.4. The lowest BCUT2D eigenvalue weighted by molar-refractivity contribution is -0.132. The molecule has 2 heterocycles. The molecule has 1 aliphatic rings. The third kappa shape index (κ3) is 5.32. The van der Waals surface area contributed by atoms with Crippen molar-refractivity contribution in [2.24, 2.45) is 0 Å². The normalized spacial score (nSPS) is 15.1. The van der Waals surface area contributed by atoms with Gasteiger partial charge in [0.2, 0.25) is 5.91 Å². The van der Waals surface area contributed by atoms with Crippen LogP contribution in [0.3, 0.4) is 0 Å². The zero-order valence-corrected chi connectivity index (χ0v) is 16.4. The van der Waals surface area contributed by atoms with E-state index >= 15 is 0 Å². The van der Waals surface area contributed by atoms with E-state index < -0.39 is 0 Å². The van der Waals surface area contributed by atoms with E-state index in [1.807, 2.05) is 42.3 Å². The predicted octanol–water partition coefficient (Wildman–Crippen LogP) is 2.23. The highest BCUT2D eigenvalue weighted by Crippen LogP contribution is 2.14. The second-order valence-corrected chi connectivity index (χ2v) is 6.87. The Balaban J connectivity index is 1.42. The maximum absolute atomic E-state index is 12.6. The molecule has 0 bridgehead atoms. The first-order valence-electron chi connectivity index (χ1n) is 9.91. The van der Waals surface area contributed by atoms with Gasteiger partial charge in [-0.3, -0.25) is 9.69 Å². The first-order valence-corrected chi connectivity index (χ1v) is 9.91. The van der Waals surface area contributed by atoms with Crippen molar-refractivity contribution in [3.8, 4) is 5.75 Å². The minimum atomic E-state index is 0.210. The van der Waals surface area contributed by atoms with Gasteiger partial charge in [0, 0.05) is 58.1 Å². The molecule has 0 saturated carbocycles. The number of nitrogens with zero attached hydrogens (tertiary/aromatic N) is 4. The van der Waals surface area contributed by atoms with Gasteiger partial charge in [-0.05, 0) is 24.6 Å². The first kappa shape index (κ1) is 19.4. The van der Waals surface area contributed by atoms with Crippen molar-refractivity contribution in [1.82, 2.24) is 19.4 Å². The molecule has 0 aliphatic carbocycles. The van der Waals surface area contributed by atoms with Crippen molar-refractivity contribution in [2.45, 2.75) is 33.2 Å². The molecule has 0 radical (unpaired) electrons. The Morgan fingerprint density at radius 1 is 1.07 bits per heavy atom. The number of benzene rings is 1. The van der Waals surface area contributed by atoms with Crippen LogP contribution in [0.5, 0.6) is 5.75 Å². The van der Waals surface area contributed by atoms with E-state index in [-0.39, 0.29) is 5.91 Å². The van der Waals surface area contributed by atoms with E-state index in [2.05, 4.69) is 27.6 Å². The van der Waals surface area contributed by atoms with Crippen molar-refractivity contribution >= 4 is 5.91 Å². The summed E-state index contributed by atoms with van der Waals surface area (Å²) in [5.74, 6) is 2.20. The number of aryl methyl sites for hydroxylation is 1. The van der Waals surface area contributed by atoms with E-state index in [1.54, 1.807) is 0 Å². The summed E-state index contributed by atoms with van der Waals surface area (Å²) in [5.41, 5.74) is 1.04. The third-order valence-electron chi connectivity index (χ3n) is 5.09. The average Bonchev–Trinajstić information content (AvgIpc) is 3.16. The summed E-state index contributed by atoms with van der Waals surface area (Å²) in [4.78, 5) is 21.4. The molecule has 3 rings (SSSR count). The van der Waals surface area contributed by atoms with E-state index in [1.165, 1.54) is 0 Å². The lowest BCUT2D eigenvalue weighted by atomic mass is 10.1. The minimum Gasteiger partial charge on any atom is -0.494 e. The largest absolute Gasteiger partial charge is 0.494 e. The molecule has 6 heteroatoms. The predicted molar refractivity (Wildman–Crippen MR) is 106 cm³/mol. The van der Waals surface area contributed by atoms with Gasteiger partial charge in [-0.1, -0.05) is 19.1 Å². The zero-order chi connectivity index (χ0) is 19.1. The Morgan fingerprint density at radius 3 is 2.48 bits per heavy atom. The second-order valence-electron chi connectivity index (χ2n) is 6.87. The Morgan fingerprint density at radius 2 is 1.81 bits per heavy atom. The van der Waals surface area contributed by atoms with Crippen LogP contribution >= 0.6 is 0 Å². The van der Waals surface area contributed by atoms with Crippen LogP contribution < -0.4 is 4.74 Å². The summed E-state index contributed by atoms with van der Waals surface area (Å²) in [7, 11) is 0. The fraction of sp³-hybridized carbons (Fsp3) is 0.524. The number of hydrogen-bond donors (Lipinski definition) is 0. The number of ether oxygens (including phenoxy) is 1. The standard InChI is InChI=1S/C21H30N4O2/c1-3-20-22-9-10-24(20)14-11-23-12-15-25(16-13-23)21(26)17-18-5-7-19(8-6-18)27-4-2/h5-10H,3-4,11-17H2,1-2H3. The lowest BCUT2D eigenvalue weighted by Crippen LogP contribution is -2.49. The van der Waals surface area contributed by atoms with Crippen molar-refractivity contribution in [3.05, 3.63) is 48.0 Å². The topological polar surface area (TPSA) is 50.6 Å². The molecule has 1 saturated heterocycles. The number of imidazole rings is 1. The lowest BCUT2D eigenvalue weighted by Gasteiger charge is -2.35. The number of carbonyl (C=O) groups excluding carboxylic acids is 1. The molecule has 0 unspecified atom stereocenters. The fourth-order valence-corrected chi connectivity index (χ4v) is 3.48. The molecule has 146 valence electrons. The van der Waals surface area contributed by atoms with Gasteiger partial charge in [-0.2, -0.15) is 0 Å². The minimum absolute atomic E-state index is 0.210. The molecule has 1 aliphatic heterocycles. The van der Waals surface area contributed by atoms with Crippen LogP contribution in [0.4, 0.5) is 0 Å². The number of amides is 1.